The monoisotopic (exact) mass is 198 g/mol. The smallest absolute Gasteiger partial charge is 0.0646 e. The van der Waals surface area contributed by atoms with Crippen LogP contribution in [0.15, 0.2) is 0 Å². The molecule has 0 aromatic heterocycles. The minimum absolute atomic E-state index is 0.0611. The summed E-state index contributed by atoms with van der Waals surface area (Å²) < 4.78 is 5.40. The molecule has 1 atom stereocenters. The van der Waals surface area contributed by atoms with Gasteiger partial charge in [0.2, 0.25) is 0 Å². The molecular weight excluding hydrogens is 176 g/mol. The van der Waals surface area contributed by atoms with Crippen molar-refractivity contribution in [2.45, 2.75) is 50.1 Å². The Labute approximate surface area is 86.4 Å². The molecule has 1 heterocycles. The van der Waals surface area contributed by atoms with E-state index in [0.717, 1.165) is 26.2 Å². The Balaban J connectivity index is 1.80. The third kappa shape index (κ3) is 2.27. The van der Waals surface area contributed by atoms with Gasteiger partial charge in [-0.2, -0.15) is 0 Å². The number of nitrogens with two attached hydrogens (primary N) is 1. The van der Waals surface area contributed by atoms with E-state index in [0.29, 0.717) is 0 Å². The summed E-state index contributed by atoms with van der Waals surface area (Å²) in [6, 6.07) is 0. The Morgan fingerprint density at radius 3 is 2.57 bits per heavy atom. The predicted molar refractivity (Wildman–Crippen MR) is 57.2 cm³/mol. The van der Waals surface area contributed by atoms with Crippen molar-refractivity contribution in [3.8, 4) is 0 Å². The number of hydrogen-bond acceptors (Lipinski definition) is 3. The van der Waals surface area contributed by atoms with Gasteiger partial charge in [-0.3, -0.25) is 0 Å². The van der Waals surface area contributed by atoms with Crippen molar-refractivity contribution < 1.29 is 4.74 Å². The van der Waals surface area contributed by atoms with Crippen molar-refractivity contribution in [1.29, 1.82) is 0 Å². The Morgan fingerprint density at radius 1 is 1.29 bits per heavy atom. The van der Waals surface area contributed by atoms with Crippen molar-refractivity contribution in [2.75, 3.05) is 19.8 Å². The van der Waals surface area contributed by atoms with Gasteiger partial charge >= 0.3 is 0 Å². The predicted octanol–water partition coefficient (Wildman–Crippen LogP) is 1.03. The van der Waals surface area contributed by atoms with Crippen LogP contribution in [0.1, 0.15) is 39.0 Å². The standard InChI is InChI=1S/C11H22N2O/c1-10(6-7-14-9-10)13-8-11(12)4-2-3-5-11/h13H,2-9,12H2,1H3. The molecule has 1 saturated heterocycles. The molecule has 2 fully saturated rings. The molecule has 3 nitrogen and oxygen atoms in total. The van der Waals surface area contributed by atoms with Crippen LogP contribution in [0, 0.1) is 0 Å². The molecule has 1 aliphatic carbocycles. The third-order valence-electron chi connectivity index (χ3n) is 3.69. The highest BCUT2D eigenvalue weighted by Gasteiger charge is 2.34. The van der Waals surface area contributed by atoms with Gasteiger partial charge in [0.15, 0.2) is 0 Å². The van der Waals surface area contributed by atoms with Gasteiger partial charge in [-0.05, 0) is 26.2 Å². The maximum atomic E-state index is 6.29. The van der Waals surface area contributed by atoms with Gasteiger partial charge < -0.3 is 15.8 Å². The van der Waals surface area contributed by atoms with Crippen molar-refractivity contribution in [2.24, 2.45) is 5.73 Å². The SMILES string of the molecule is CC1(NCC2(N)CCCC2)CCOC1. The Morgan fingerprint density at radius 2 is 2.00 bits per heavy atom. The fourth-order valence-corrected chi connectivity index (χ4v) is 2.45. The van der Waals surface area contributed by atoms with E-state index in [-0.39, 0.29) is 11.1 Å². The summed E-state index contributed by atoms with van der Waals surface area (Å²) in [6.45, 7) is 4.91. The maximum absolute atomic E-state index is 6.29. The normalized spacial score (nSPS) is 36.4. The lowest BCUT2D eigenvalue weighted by atomic mass is 9.95. The molecule has 1 saturated carbocycles. The highest BCUT2D eigenvalue weighted by molar-refractivity contribution is 4.95. The summed E-state index contributed by atoms with van der Waals surface area (Å²) in [4.78, 5) is 0. The first-order valence-corrected chi connectivity index (χ1v) is 5.74. The minimum atomic E-state index is 0.0611. The van der Waals surface area contributed by atoms with E-state index in [1.54, 1.807) is 0 Å². The lowest BCUT2D eigenvalue weighted by molar-refractivity contribution is 0.168. The first-order chi connectivity index (χ1) is 6.62. The lowest BCUT2D eigenvalue weighted by Crippen LogP contribution is -2.54. The summed E-state index contributed by atoms with van der Waals surface area (Å²) in [5.74, 6) is 0. The fourth-order valence-electron chi connectivity index (χ4n) is 2.45. The quantitative estimate of drug-likeness (QED) is 0.712. The third-order valence-corrected chi connectivity index (χ3v) is 3.69. The van der Waals surface area contributed by atoms with Crippen LogP contribution in [-0.2, 0) is 4.74 Å². The van der Waals surface area contributed by atoms with E-state index >= 15 is 0 Å². The Kier molecular flexibility index (Phi) is 2.82. The van der Waals surface area contributed by atoms with Gasteiger partial charge in [-0.1, -0.05) is 12.8 Å². The van der Waals surface area contributed by atoms with Crippen LogP contribution in [0.25, 0.3) is 0 Å². The van der Waals surface area contributed by atoms with Gasteiger partial charge in [0, 0.05) is 24.2 Å². The first-order valence-electron chi connectivity index (χ1n) is 5.74. The number of hydrogen-bond donors (Lipinski definition) is 2. The molecule has 0 bridgehead atoms. The zero-order valence-corrected chi connectivity index (χ0v) is 9.14. The van der Waals surface area contributed by atoms with E-state index in [9.17, 15) is 0 Å². The van der Waals surface area contributed by atoms with Crippen LogP contribution < -0.4 is 11.1 Å². The average Bonchev–Trinajstić information content (AvgIpc) is 2.74. The van der Waals surface area contributed by atoms with Crippen LogP contribution in [0.5, 0.6) is 0 Å². The second-order valence-electron chi connectivity index (χ2n) is 5.29. The second kappa shape index (κ2) is 3.80. The summed E-state index contributed by atoms with van der Waals surface area (Å²) >= 11 is 0. The number of nitrogens with one attached hydrogen (secondary N) is 1. The first kappa shape index (κ1) is 10.4. The van der Waals surface area contributed by atoms with E-state index in [2.05, 4.69) is 12.2 Å². The van der Waals surface area contributed by atoms with Gasteiger partial charge in [0.25, 0.3) is 0 Å². The largest absolute Gasteiger partial charge is 0.379 e. The molecule has 82 valence electrons. The molecule has 0 aromatic rings. The van der Waals surface area contributed by atoms with E-state index in [1.165, 1.54) is 25.7 Å². The molecule has 0 aromatic carbocycles. The van der Waals surface area contributed by atoms with Crippen molar-refractivity contribution in [3.05, 3.63) is 0 Å². The molecule has 3 N–H and O–H groups in total. The van der Waals surface area contributed by atoms with Crippen LogP contribution >= 0.6 is 0 Å². The maximum Gasteiger partial charge on any atom is 0.0646 e. The fraction of sp³-hybridized carbons (Fsp3) is 1.00. The molecule has 1 aliphatic heterocycles. The number of ether oxygens (including phenoxy) is 1. The summed E-state index contributed by atoms with van der Waals surface area (Å²) in [6.07, 6.45) is 6.06. The average molecular weight is 198 g/mol. The lowest BCUT2D eigenvalue weighted by Gasteiger charge is -2.31. The van der Waals surface area contributed by atoms with Gasteiger partial charge in [0.05, 0.1) is 6.61 Å². The van der Waals surface area contributed by atoms with Crippen molar-refractivity contribution >= 4 is 0 Å². The Bertz CT molecular complexity index is 171. The van der Waals surface area contributed by atoms with Crippen LogP contribution in [0.4, 0.5) is 0 Å². The van der Waals surface area contributed by atoms with Crippen molar-refractivity contribution in [1.82, 2.24) is 5.32 Å². The second-order valence-corrected chi connectivity index (χ2v) is 5.29. The highest BCUT2D eigenvalue weighted by atomic mass is 16.5. The van der Waals surface area contributed by atoms with E-state index in [1.807, 2.05) is 0 Å². The van der Waals surface area contributed by atoms with Crippen LogP contribution in [0.2, 0.25) is 0 Å². The van der Waals surface area contributed by atoms with E-state index in [4.69, 9.17) is 10.5 Å². The molecule has 0 spiro atoms. The Hall–Kier alpha value is -0.120. The van der Waals surface area contributed by atoms with Crippen LogP contribution in [-0.4, -0.2) is 30.8 Å². The van der Waals surface area contributed by atoms with Gasteiger partial charge in [-0.15, -0.1) is 0 Å². The molecule has 2 aliphatic rings. The topological polar surface area (TPSA) is 47.3 Å². The zero-order valence-electron chi connectivity index (χ0n) is 9.14. The molecule has 0 amide bonds. The molecule has 0 radical (unpaired) electrons. The van der Waals surface area contributed by atoms with E-state index < -0.39 is 0 Å². The molecule has 3 heteroatoms. The highest BCUT2D eigenvalue weighted by Crippen LogP contribution is 2.27. The van der Waals surface area contributed by atoms with Gasteiger partial charge in [-0.25, -0.2) is 0 Å². The van der Waals surface area contributed by atoms with Crippen molar-refractivity contribution in [3.63, 3.8) is 0 Å². The molecule has 1 unspecified atom stereocenters. The molecule has 14 heavy (non-hydrogen) atoms. The number of rotatable bonds is 3. The summed E-state index contributed by atoms with van der Waals surface area (Å²) in [5, 5.41) is 3.59. The summed E-state index contributed by atoms with van der Waals surface area (Å²) in [5.41, 5.74) is 6.53. The van der Waals surface area contributed by atoms with Gasteiger partial charge in [0.1, 0.15) is 0 Å². The summed E-state index contributed by atoms with van der Waals surface area (Å²) in [7, 11) is 0. The zero-order chi connectivity index (χ0) is 10.1. The minimum Gasteiger partial charge on any atom is -0.379 e. The molecular formula is C11H22N2O. The molecule has 2 rings (SSSR count). The van der Waals surface area contributed by atoms with Crippen LogP contribution in [0.3, 0.4) is 0 Å².